The van der Waals surface area contributed by atoms with Gasteiger partial charge in [0.25, 0.3) is 5.91 Å². The van der Waals surface area contributed by atoms with Gasteiger partial charge in [0.15, 0.2) is 0 Å². The van der Waals surface area contributed by atoms with Crippen molar-refractivity contribution in [3.63, 3.8) is 0 Å². The van der Waals surface area contributed by atoms with Crippen LogP contribution in [0.2, 0.25) is 0 Å². The third-order valence-electron chi connectivity index (χ3n) is 12.8. The Morgan fingerprint density at radius 2 is 1.54 bits per heavy atom. The molecular formula is C45H48FN5O5. The van der Waals surface area contributed by atoms with Crippen molar-refractivity contribution in [2.45, 2.75) is 57.0 Å². The summed E-state index contributed by atoms with van der Waals surface area (Å²) in [4.78, 5) is 46.3. The van der Waals surface area contributed by atoms with Crippen LogP contribution < -0.4 is 19.9 Å². The minimum Gasteiger partial charge on any atom is -0.508 e. The first-order valence-electron chi connectivity index (χ1n) is 20.0. The predicted octanol–water partition coefficient (Wildman–Crippen LogP) is 5.95. The number of halogens is 1. The summed E-state index contributed by atoms with van der Waals surface area (Å²) in [7, 11) is 0. The lowest BCUT2D eigenvalue weighted by atomic mass is 9.75. The quantitative estimate of drug-likeness (QED) is 0.223. The van der Waals surface area contributed by atoms with E-state index in [1.165, 1.54) is 11.3 Å². The second-order valence-electron chi connectivity index (χ2n) is 16.2. The van der Waals surface area contributed by atoms with Gasteiger partial charge in [0.1, 0.15) is 23.4 Å². The Balaban J connectivity index is 0.788. The Morgan fingerprint density at radius 3 is 2.29 bits per heavy atom. The van der Waals surface area contributed by atoms with E-state index in [0.717, 1.165) is 81.0 Å². The Morgan fingerprint density at radius 1 is 0.804 bits per heavy atom. The smallest absolute Gasteiger partial charge is 0.255 e. The molecule has 0 aliphatic carbocycles. The average molecular weight is 758 g/mol. The number of phenols is 1. The molecule has 3 fully saturated rings. The number of phenolic OH excluding ortho intramolecular Hbond substituents is 1. The summed E-state index contributed by atoms with van der Waals surface area (Å²) in [6.45, 7) is 9.61. The molecule has 5 aliphatic heterocycles. The number of nitrogens with one attached hydrogen (secondary N) is 1. The third-order valence-corrected chi connectivity index (χ3v) is 12.8. The number of piperidine rings is 2. The summed E-state index contributed by atoms with van der Waals surface area (Å²) in [5.41, 5.74) is 7.80. The first-order chi connectivity index (χ1) is 27.2. The van der Waals surface area contributed by atoms with E-state index < -0.39 is 6.04 Å². The van der Waals surface area contributed by atoms with Crippen LogP contribution in [0.5, 0.6) is 11.5 Å². The Labute approximate surface area is 326 Å². The van der Waals surface area contributed by atoms with Crippen LogP contribution in [0.25, 0.3) is 0 Å². The summed E-state index contributed by atoms with van der Waals surface area (Å²) in [6.07, 6.45) is 2.91. The normalized spacial score (nSPS) is 23.1. The largest absolute Gasteiger partial charge is 0.508 e. The number of hydrogen-bond acceptors (Lipinski definition) is 8. The molecule has 0 radical (unpaired) electrons. The molecule has 3 atom stereocenters. The van der Waals surface area contributed by atoms with Crippen LogP contribution >= 0.6 is 0 Å². The van der Waals surface area contributed by atoms with E-state index in [-0.39, 0.29) is 47.5 Å². The van der Waals surface area contributed by atoms with Crippen LogP contribution in [-0.4, -0.2) is 91.1 Å². The van der Waals surface area contributed by atoms with Crippen molar-refractivity contribution < 1.29 is 28.6 Å². The van der Waals surface area contributed by atoms with Crippen molar-refractivity contribution >= 4 is 29.1 Å². The zero-order valence-electron chi connectivity index (χ0n) is 31.8. The van der Waals surface area contributed by atoms with Gasteiger partial charge < -0.3 is 24.5 Å². The maximum absolute atomic E-state index is 14.2. The highest BCUT2D eigenvalue weighted by Crippen LogP contribution is 2.47. The van der Waals surface area contributed by atoms with Crippen LogP contribution in [0.1, 0.15) is 75.7 Å². The van der Waals surface area contributed by atoms with Gasteiger partial charge in [-0.2, -0.15) is 0 Å². The molecule has 0 aromatic heterocycles. The predicted molar refractivity (Wildman–Crippen MR) is 212 cm³/mol. The summed E-state index contributed by atoms with van der Waals surface area (Å²) >= 11 is 0. The van der Waals surface area contributed by atoms with Crippen molar-refractivity contribution in [3.05, 3.63) is 118 Å². The number of piperazine rings is 1. The number of imide groups is 1. The lowest BCUT2D eigenvalue weighted by Gasteiger charge is -2.40. The zero-order chi connectivity index (χ0) is 38.5. The Hall–Kier alpha value is -5.42. The topological polar surface area (TPSA) is 106 Å². The number of rotatable bonds is 7. The molecule has 56 heavy (non-hydrogen) atoms. The van der Waals surface area contributed by atoms with Crippen LogP contribution in [-0.2, 0) is 16.1 Å². The Kier molecular flexibility index (Phi) is 9.65. The van der Waals surface area contributed by atoms with Gasteiger partial charge in [-0.1, -0.05) is 30.3 Å². The van der Waals surface area contributed by atoms with Crippen molar-refractivity contribution in [2.24, 2.45) is 5.92 Å². The number of fused-ring (bicyclic) bond motifs is 2. The zero-order valence-corrected chi connectivity index (χ0v) is 31.8. The number of carbonyl (C=O) groups is 3. The molecule has 0 bridgehead atoms. The molecule has 5 aliphatic rings. The van der Waals surface area contributed by atoms with E-state index in [4.69, 9.17) is 4.74 Å². The van der Waals surface area contributed by atoms with E-state index in [2.05, 4.69) is 50.3 Å². The molecule has 0 saturated carbocycles. The summed E-state index contributed by atoms with van der Waals surface area (Å²) in [5.74, 6) is 0.530. The summed E-state index contributed by atoms with van der Waals surface area (Å²) in [5, 5.41) is 12.5. The van der Waals surface area contributed by atoms with Gasteiger partial charge in [-0.25, -0.2) is 4.39 Å². The van der Waals surface area contributed by atoms with Gasteiger partial charge in [0.05, 0.1) is 6.61 Å². The molecule has 4 aromatic rings. The molecule has 3 saturated heterocycles. The minimum atomic E-state index is -0.599. The third kappa shape index (κ3) is 6.97. The fourth-order valence-corrected chi connectivity index (χ4v) is 9.57. The molecule has 4 aromatic carbocycles. The number of ether oxygens (including phenoxy) is 1. The molecule has 10 nitrogen and oxygen atoms in total. The molecule has 0 spiro atoms. The first kappa shape index (κ1) is 36.2. The Bertz CT molecular complexity index is 2160. The van der Waals surface area contributed by atoms with Crippen molar-refractivity contribution in [1.82, 2.24) is 15.1 Å². The van der Waals surface area contributed by atoms with E-state index in [1.54, 1.807) is 30.0 Å². The molecule has 11 heteroatoms. The second-order valence-corrected chi connectivity index (χ2v) is 16.2. The molecule has 2 unspecified atom stereocenters. The molecule has 290 valence electrons. The lowest BCUT2D eigenvalue weighted by molar-refractivity contribution is -0.136. The van der Waals surface area contributed by atoms with Crippen LogP contribution in [0.3, 0.4) is 0 Å². The van der Waals surface area contributed by atoms with Crippen LogP contribution in [0.4, 0.5) is 15.8 Å². The average Bonchev–Trinajstić information content (AvgIpc) is 3.54. The first-order valence-corrected chi connectivity index (χ1v) is 20.0. The highest BCUT2D eigenvalue weighted by molar-refractivity contribution is 6.05. The number of amides is 3. The van der Waals surface area contributed by atoms with E-state index >= 15 is 0 Å². The maximum atomic E-state index is 14.2. The maximum Gasteiger partial charge on any atom is 0.255 e. The van der Waals surface area contributed by atoms with Gasteiger partial charge in [-0.05, 0) is 96.8 Å². The highest BCUT2D eigenvalue weighted by Gasteiger charge is 2.39. The van der Waals surface area contributed by atoms with Crippen molar-refractivity contribution in [2.75, 3.05) is 62.2 Å². The molecule has 2 N–H and O–H groups in total. The number of aromatic hydroxyl groups is 1. The van der Waals surface area contributed by atoms with Gasteiger partial charge in [0, 0.05) is 99.2 Å². The summed E-state index contributed by atoms with van der Waals surface area (Å²) in [6, 6.07) is 25.1. The van der Waals surface area contributed by atoms with Gasteiger partial charge in [0.2, 0.25) is 11.8 Å². The van der Waals surface area contributed by atoms with E-state index in [1.807, 2.05) is 30.3 Å². The number of aryl methyl sites for hydroxylation is 1. The minimum absolute atomic E-state index is 0.00621. The fourth-order valence-electron chi connectivity index (χ4n) is 9.57. The SMILES string of the molecule is Cc1cc(C2COc3cc(O)ccc3[C@H]2c2ccc(N3CCC(CN4CCN(c5ccc6c(c5)CN(C5CCC(=O)NC5=O)C6=O)CC4)CC3)cc2)ccc1F. The second kappa shape index (κ2) is 14.9. The standard InChI is InChI=1S/C45H48FN5O5/c1-28-22-31(4-11-39(28)46)38-27-56-41-24-35(52)8-10-37(41)43(38)30-2-5-33(6-3-30)49-16-14-29(15-17-49)25-48-18-20-50(21-19-48)34-7-9-36-32(23-34)26-51(45(36)55)40-12-13-42(53)47-44(40)54/h2-11,22-24,29,38,40,43,52H,12-21,25-27H2,1H3,(H,47,53,54)/t38?,40?,43-/m1/s1. The number of benzene rings is 4. The molecule has 9 rings (SSSR count). The lowest BCUT2D eigenvalue weighted by Crippen LogP contribution is -2.52. The molecular weight excluding hydrogens is 710 g/mol. The van der Waals surface area contributed by atoms with E-state index in [9.17, 15) is 23.9 Å². The molecule has 3 amide bonds. The summed E-state index contributed by atoms with van der Waals surface area (Å²) < 4.78 is 20.4. The van der Waals surface area contributed by atoms with Crippen LogP contribution in [0.15, 0.2) is 78.9 Å². The van der Waals surface area contributed by atoms with E-state index in [0.29, 0.717) is 42.4 Å². The highest BCUT2D eigenvalue weighted by atomic mass is 19.1. The van der Waals surface area contributed by atoms with Gasteiger partial charge in [-0.3, -0.25) is 24.6 Å². The van der Waals surface area contributed by atoms with Crippen molar-refractivity contribution in [1.29, 1.82) is 0 Å². The van der Waals surface area contributed by atoms with Gasteiger partial charge >= 0.3 is 0 Å². The number of carbonyl (C=O) groups excluding carboxylic acids is 3. The number of hydrogen-bond donors (Lipinski definition) is 2. The van der Waals surface area contributed by atoms with Gasteiger partial charge in [-0.15, -0.1) is 0 Å². The molecule has 5 heterocycles. The van der Waals surface area contributed by atoms with Crippen molar-refractivity contribution in [3.8, 4) is 11.5 Å². The monoisotopic (exact) mass is 757 g/mol. The number of nitrogens with zero attached hydrogens (tertiary/aromatic N) is 4. The number of anilines is 2. The fraction of sp³-hybridized carbons (Fsp3) is 0.400. The van der Waals surface area contributed by atoms with Crippen LogP contribution in [0, 0.1) is 18.7 Å².